The Kier molecular flexibility index (Phi) is 4.16. The van der Waals surface area contributed by atoms with E-state index in [1.54, 1.807) is 7.11 Å². The van der Waals surface area contributed by atoms with Gasteiger partial charge in [0.1, 0.15) is 6.04 Å². The fourth-order valence-corrected chi connectivity index (χ4v) is 4.34. The lowest BCUT2D eigenvalue weighted by molar-refractivity contribution is 0.170. The second kappa shape index (κ2) is 6.73. The van der Waals surface area contributed by atoms with E-state index in [1.807, 2.05) is 4.68 Å². The molecule has 1 unspecified atom stereocenters. The summed E-state index contributed by atoms with van der Waals surface area (Å²) in [6.07, 6.45) is 0.889. The molecule has 29 heavy (non-hydrogen) atoms. The molecular formula is C21H23N5O3. The molecule has 150 valence electrons. The molecule has 0 saturated heterocycles. The lowest BCUT2D eigenvalue weighted by Crippen LogP contribution is -2.35. The number of rotatable bonds is 3. The van der Waals surface area contributed by atoms with Gasteiger partial charge < -0.3 is 14.2 Å². The third-order valence-electron chi connectivity index (χ3n) is 5.71. The smallest absolute Gasteiger partial charge is 0.231 e. The fourth-order valence-electron chi connectivity index (χ4n) is 4.34. The topological polar surface area (TPSA) is 74.5 Å². The van der Waals surface area contributed by atoms with Crippen molar-refractivity contribution in [2.24, 2.45) is 0 Å². The Balaban J connectivity index is 1.71. The van der Waals surface area contributed by atoms with E-state index < -0.39 is 0 Å². The molecule has 0 aliphatic carbocycles. The van der Waals surface area contributed by atoms with Crippen molar-refractivity contribution in [2.75, 3.05) is 27.5 Å². The molecule has 1 atom stereocenters. The van der Waals surface area contributed by atoms with E-state index in [0.29, 0.717) is 11.5 Å². The summed E-state index contributed by atoms with van der Waals surface area (Å²) in [7, 11) is 3.75. The van der Waals surface area contributed by atoms with E-state index in [1.165, 1.54) is 11.1 Å². The second-order valence-electron chi connectivity index (χ2n) is 7.59. The van der Waals surface area contributed by atoms with E-state index in [-0.39, 0.29) is 12.8 Å². The number of methoxy groups -OCH3 is 1. The van der Waals surface area contributed by atoms with Crippen LogP contribution in [0.25, 0.3) is 5.69 Å². The molecule has 0 N–H and O–H groups in total. The van der Waals surface area contributed by atoms with Crippen LogP contribution in [0.3, 0.4) is 0 Å². The van der Waals surface area contributed by atoms with E-state index >= 15 is 0 Å². The van der Waals surface area contributed by atoms with Crippen molar-refractivity contribution in [3.05, 3.63) is 52.3 Å². The van der Waals surface area contributed by atoms with Gasteiger partial charge in [0.15, 0.2) is 17.3 Å². The van der Waals surface area contributed by atoms with Crippen molar-refractivity contribution >= 4 is 0 Å². The number of likely N-dealkylation sites (N-methyl/N-ethyl adjacent to an activating group) is 1. The number of nitrogens with zero attached hydrogens (tertiary/aromatic N) is 5. The number of tetrazole rings is 1. The molecule has 3 aromatic rings. The summed E-state index contributed by atoms with van der Waals surface area (Å²) in [5.41, 5.74) is 5.50. The Morgan fingerprint density at radius 3 is 2.83 bits per heavy atom. The van der Waals surface area contributed by atoms with Crippen LogP contribution < -0.4 is 14.2 Å². The maximum absolute atomic E-state index is 5.81. The lowest BCUT2D eigenvalue weighted by atomic mass is 9.90. The highest BCUT2D eigenvalue weighted by Gasteiger charge is 2.37. The van der Waals surface area contributed by atoms with E-state index in [4.69, 9.17) is 14.2 Å². The van der Waals surface area contributed by atoms with Gasteiger partial charge in [-0.25, -0.2) is 0 Å². The fraction of sp³-hybridized carbons (Fsp3) is 0.381. The highest BCUT2D eigenvalue weighted by Crippen LogP contribution is 2.50. The van der Waals surface area contributed by atoms with Crippen molar-refractivity contribution in [1.82, 2.24) is 25.1 Å². The van der Waals surface area contributed by atoms with Gasteiger partial charge in [-0.1, -0.05) is 17.7 Å². The number of aromatic nitrogens is 4. The lowest BCUT2D eigenvalue weighted by Gasteiger charge is -2.34. The summed E-state index contributed by atoms with van der Waals surface area (Å²) in [6.45, 7) is 5.23. The van der Waals surface area contributed by atoms with E-state index in [0.717, 1.165) is 41.4 Å². The van der Waals surface area contributed by atoms with Crippen LogP contribution >= 0.6 is 0 Å². The Morgan fingerprint density at radius 2 is 2.03 bits per heavy atom. The van der Waals surface area contributed by atoms with Crippen molar-refractivity contribution in [3.63, 3.8) is 0 Å². The molecule has 2 aromatic carbocycles. The predicted octanol–water partition coefficient (Wildman–Crippen LogP) is 2.59. The van der Waals surface area contributed by atoms with Crippen LogP contribution in [0, 0.1) is 13.8 Å². The molecule has 2 aliphatic heterocycles. The number of ether oxygens (including phenoxy) is 3. The first-order valence-electron chi connectivity index (χ1n) is 9.64. The monoisotopic (exact) mass is 393 g/mol. The van der Waals surface area contributed by atoms with Crippen molar-refractivity contribution in [3.8, 4) is 22.9 Å². The van der Waals surface area contributed by atoms with Gasteiger partial charge in [-0.3, -0.25) is 4.90 Å². The first kappa shape index (κ1) is 17.9. The SMILES string of the molecule is COc1c2c(cc3c1C(c1nnnn1-c1ccc(C)cc1C)N(C)CC3)OCO2. The molecule has 0 amide bonds. The number of fused-ring (bicyclic) bond motifs is 2. The minimum atomic E-state index is -0.168. The average molecular weight is 393 g/mol. The Morgan fingerprint density at radius 1 is 1.17 bits per heavy atom. The maximum Gasteiger partial charge on any atom is 0.231 e. The molecule has 8 nitrogen and oxygen atoms in total. The molecule has 8 heteroatoms. The zero-order valence-corrected chi connectivity index (χ0v) is 17.0. The summed E-state index contributed by atoms with van der Waals surface area (Å²) in [5.74, 6) is 2.83. The Labute approximate surface area is 169 Å². The normalized spacial score (nSPS) is 18.0. The molecule has 0 bridgehead atoms. The highest BCUT2D eigenvalue weighted by atomic mass is 16.7. The first-order valence-corrected chi connectivity index (χ1v) is 9.64. The van der Waals surface area contributed by atoms with Crippen molar-refractivity contribution in [1.29, 1.82) is 0 Å². The van der Waals surface area contributed by atoms with Crippen molar-refractivity contribution < 1.29 is 14.2 Å². The minimum Gasteiger partial charge on any atom is -0.492 e. The predicted molar refractivity (Wildman–Crippen MR) is 106 cm³/mol. The third-order valence-corrected chi connectivity index (χ3v) is 5.71. The van der Waals surface area contributed by atoms with E-state index in [9.17, 15) is 0 Å². The summed E-state index contributed by atoms with van der Waals surface area (Å²) < 4.78 is 19.0. The van der Waals surface area contributed by atoms with Gasteiger partial charge in [-0.05, 0) is 61.0 Å². The third kappa shape index (κ3) is 2.74. The van der Waals surface area contributed by atoms with Crippen LogP contribution in [0.2, 0.25) is 0 Å². The summed E-state index contributed by atoms with van der Waals surface area (Å²) in [5, 5.41) is 12.8. The highest BCUT2D eigenvalue weighted by molar-refractivity contribution is 5.62. The number of benzene rings is 2. The molecule has 2 aliphatic rings. The van der Waals surface area contributed by atoms with Crippen LogP contribution in [0.1, 0.15) is 34.1 Å². The first-order chi connectivity index (χ1) is 14.1. The number of hydrogen-bond acceptors (Lipinski definition) is 7. The molecule has 1 aromatic heterocycles. The van der Waals surface area contributed by atoms with Crippen LogP contribution in [-0.4, -0.2) is 52.6 Å². The standard InChI is InChI=1S/C21H23N5O3/c1-12-5-6-15(13(2)9-12)26-21(22-23-24-26)18-17-14(7-8-25(18)3)10-16-19(20(17)27-4)29-11-28-16/h5-6,9-10,18H,7-8,11H2,1-4H3. The van der Waals surface area contributed by atoms with Crippen LogP contribution in [0.5, 0.6) is 17.2 Å². The molecule has 0 fully saturated rings. The van der Waals surface area contributed by atoms with Gasteiger partial charge in [0, 0.05) is 12.1 Å². The largest absolute Gasteiger partial charge is 0.492 e. The van der Waals surface area contributed by atoms with Crippen LogP contribution in [-0.2, 0) is 6.42 Å². The average Bonchev–Trinajstić information content (AvgIpc) is 3.36. The molecule has 0 spiro atoms. The van der Waals surface area contributed by atoms with Gasteiger partial charge in [0.2, 0.25) is 12.5 Å². The van der Waals surface area contributed by atoms with Crippen LogP contribution in [0.15, 0.2) is 24.3 Å². The number of hydrogen-bond donors (Lipinski definition) is 0. The summed E-state index contributed by atoms with van der Waals surface area (Å²) in [4.78, 5) is 2.25. The van der Waals surface area contributed by atoms with E-state index in [2.05, 4.69) is 65.6 Å². The summed E-state index contributed by atoms with van der Waals surface area (Å²) in [6, 6.07) is 8.17. The van der Waals surface area contributed by atoms with Crippen molar-refractivity contribution in [2.45, 2.75) is 26.3 Å². The summed E-state index contributed by atoms with van der Waals surface area (Å²) >= 11 is 0. The minimum absolute atomic E-state index is 0.168. The van der Waals surface area contributed by atoms with Gasteiger partial charge in [-0.15, -0.1) is 5.10 Å². The van der Waals surface area contributed by atoms with Gasteiger partial charge in [-0.2, -0.15) is 4.68 Å². The molecule has 0 radical (unpaired) electrons. The zero-order valence-electron chi connectivity index (χ0n) is 17.0. The van der Waals surface area contributed by atoms with Gasteiger partial charge in [0.05, 0.1) is 12.8 Å². The van der Waals surface area contributed by atoms with Crippen LogP contribution in [0.4, 0.5) is 0 Å². The molecular weight excluding hydrogens is 370 g/mol. The Bertz CT molecular complexity index is 1090. The quantitative estimate of drug-likeness (QED) is 0.677. The number of aryl methyl sites for hydroxylation is 2. The van der Waals surface area contributed by atoms with Gasteiger partial charge in [0.25, 0.3) is 0 Å². The maximum atomic E-state index is 5.81. The molecule has 3 heterocycles. The van der Waals surface area contributed by atoms with Gasteiger partial charge >= 0.3 is 0 Å². The molecule has 5 rings (SSSR count). The zero-order chi connectivity index (χ0) is 20.1. The second-order valence-corrected chi connectivity index (χ2v) is 7.59. The molecule has 0 saturated carbocycles. The Hall–Kier alpha value is -3.13.